The minimum absolute atomic E-state index is 0.00832. The minimum Gasteiger partial charge on any atom is -0.493 e. The lowest BCUT2D eigenvalue weighted by Crippen LogP contribution is -2.52. The molecule has 0 aliphatic heterocycles. The van der Waals surface area contributed by atoms with Crippen molar-refractivity contribution in [2.24, 2.45) is 23.5 Å². The number of sulfonamides is 1. The van der Waals surface area contributed by atoms with Crippen molar-refractivity contribution in [2.75, 3.05) is 33.4 Å². The summed E-state index contributed by atoms with van der Waals surface area (Å²) in [5.41, 5.74) is 6.81. The maximum Gasteiger partial charge on any atom is 0.255 e. The zero-order chi connectivity index (χ0) is 29.8. The van der Waals surface area contributed by atoms with E-state index in [1.807, 2.05) is 19.9 Å². The number of hydrogen-bond donors (Lipinski definition) is 4. The van der Waals surface area contributed by atoms with E-state index in [1.165, 1.54) is 0 Å². The molecular formula is C30H53N3O6S. The van der Waals surface area contributed by atoms with Gasteiger partial charge in [0.25, 0.3) is 5.91 Å². The highest BCUT2D eigenvalue weighted by Gasteiger charge is 2.42. The molecule has 1 aliphatic rings. The lowest BCUT2D eigenvalue weighted by molar-refractivity contribution is 0.0928. The number of aliphatic hydroxyl groups excluding tert-OH is 1. The third kappa shape index (κ3) is 10.3. The Balaban J connectivity index is 1.90. The molecule has 1 saturated carbocycles. The molecule has 1 aliphatic carbocycles. The summed E-state index contributed by atoms with van der Waals surface area (Å²) in [5, 5.41) is 13.8. The van der Waals surface area contributed by atoms with Gasteiger partial charge in [-0.05, 0) is 75.8 Å². The zero-order valence-electron chi connectivity index (χ0n) is 25.2. The largest absolute Gasteiger partial charge is 0.493 e. The van der Waals surface area contributed by atoms with Crippen molar-refractivity contribution in [3.8, 4) is 5.75 Å². The Morgan fingerprint density at radius 2 is 1.75 bits per heavy atom. The highest BCUT2D eigenvalue weighted by molar-refractivity contribution is 7.90. The number of benzene rings is 1. The molecule has 1 fully saturated rings. The molecule has 0 radical (unpaired) electrons. The number of aliphatic hydroxyl groups is 1. The fourth-order valence-corrected chi connectivity index (χ4v) is 6.71. The van der Waals surface area contributed by atoms with Crippen LogP contribution in [0, 0.1) is 17.8 Å². The average molecular weight is 584 g/mol. The van der Waals surface area contributed by atoms with Crippen LogP contribution in [0.4, 0.5) is 0 Å². The van der Waals surface area contributed by atoms with Crippen LogP contribution < -0.4 is 20.5 Å². The summed E-state index contributed by atoms with van der Waals surface area (Å²) in [5.74, 6) is 0.586. The van der Waals surface area contributed by atoms with Gasteiger partial charge in [-0.15, -0.1) is 0 Å². The second-order valence-corrected chi connectivity index (χ2v) is 14.4. The summed E-state index contributed by atoms with van der Waals surface area (Å²) in [4.78, 5) is 13.0. The van der Waals surface area contributed by atoms with Gasteiger partial charge >= 0.3 is 0 Å². The first-order valence-corrected chi connectivity index (χ1v) is 16.3. The van der Waals surface area contributed by atoms with Crippen molar-refractivity contribution in [3.63, 3.8) is 0 Å². The summed E-state index contributed by atoms with van der Waals surface area (Å²) in [6.45, 7) is 9.05. The zero-order valence-corrected chi connectivity index (χ0v) is 26.0. The van der Waals surface area contributed by atoms with Gasteiger partial charge in [0.05, 0.1) is 23.0 Å². The van der Waals surface area contributed by atoms with Crippen LogP contribution in [0.15, 0.2) is 24.3 Å². The van der Waals surface area contributed by atoms with Crippen molar-refractivity contribution in [2.45, 2.75) is 96.0 Å². The highest BCUT2D eigenvalue weighted by Crippen LogP contribution is 2.37. The molecular weight excluding hydrogens is 530 g/mol. The number of methoxy groups -OCH3 is 1. The van der Waals surface area contributed by atoms with Crippen molar-refractivity contribution in [1.82, 2.24) is 10.0 Å². The Kier molecular flexibility index (Phi) is 14.4. The van der Waals surface area contributed by atoms with Crippen LogP contribution in [0.3, 0.4) is 0 Å². The van der Waals surface area contributed by atoms with E-state index in [9.17, 15) is 18.3 Å². The second-order valence-electron chi connectivity index (χ2n) is 12.0. The van der Waals surface area contributed by atoms with Gasteiger partial charge in [0.1, 0.15) is 5.75 Å². The Hall–Kier alpha value is -1.72. The molecule has 0 bridgehead atoms. The Morgan fingerprint density at radius 1 is 1.10 bits per heavy atom. The predicted molar refractivity (Wildman–Crippen MR) is 160 cm³/mol. The normalized spacial score (nSPS) is 17.4. The Bertz CT molecular complexity index is 995. The molecule has 0 saturated heterocycles. The van der Waals surface area contributed by atoms with Crippen LogP contribution in [0.1, 0.15) is 89.4 Å². The smallest absolute Gasteiger partial charge is 0.255 e. The van der Waals surface area contributed by atoms with Crippen molar-refractivity contribution >= 4 is 15.9 Å². The number of carbonyl (C=O) groups is 1. The van der Waals surface area contributed by atoms with Gasteiger partial charge in [0.15, 0.2) is 0 Å². The molecule has 1 aromatic carbocycles. The predicted octanol–water partition coefficient (Wildman–Crippen LogP) is 3.85. The number of ether oxygens (including phenoxy) is 2. The molecule has 230 valence electrons. The maximum atomic E-state index is 13.1. The van der Waals surface area contributed by atoms with Gasteiger partial charge in [0.2, 0.25) is 10.0 Å². The van der Waals surface area contributed by atoms with Gasteiger partial charge in [-0.1, -0.05) is 45.2 Å². The van der Waals surface area contributed by atoms with Crippen LogP contribution in [0.5, 0.6) is 5.75 Å². The SMILES string of the molecule is COCCCCOc1ccccc1C(=O)NCC(CC(N)C(O)CNS(=O)(=O)C(C)(C)C1CCCCC1)C(C)C. The number of unbranched alkanes of at least 4 members (excludes halogenated alkanes) is 1. The van der Waals surface area contributed by atoms with E-state index < -0.39 is 26.9 Å². The number of nitrogens with two attached hydrogens (primary N) is 1. The van der Waals surface area contributed by atoms with Crippen LogP contribution in [-0.4, -0.2) is 69.7 Å². The standard InChI is InChI=1S/C30H53N3O6S/c1-22(2)23(20-32-29(35)25-15-9-10-16-28(25)39-18-12-11-17-38-5)19-26(31)27(34)21-33-40(36,37)30(3,4)24-13-7-6-8-14-24/h9-10,15-16,22-24,26-27,33-34H,6-8,11-14,17-21,31H2,1-5H3,(H,32,35). The van der Waals surface area contributed by atoms with Crippen molar-refractivity contribution in [1.29, 1.82) is 0 Å². The summed E-state index contributed by atoms with van der Waals surface area (Å²) in [6.07, 6.45) is 6.17. The molecule has 0 heterocycles. The van der Waals surface area contributed by atoms with E-state index in [0.717, 1.165) is 44.9 Å². The summed E-state index contributed by atoms with van der Waals surface area (Å²) in [6, 6.07) is 6.51. The van der Waals surface area contributed by atoms with Gasteiger partial charge in [-0.25, -0.2) is 13.1 Å². The van der Waals surface area contributed by atoms with Crippen LogP contribution in [-0.2, 0) is 14.8 Å². The van der Waals surface area contributed by atoms with Gasteiger partial charge in [0, 0.05) is 32.8 Å². The van der Waals surface area contributed by atoms with E-state index in [4.69, 9.17) is 15.2 Å². The maximum absolute atomic E-state index is 13.1. The van der Waals surface area contributed by atoms with Crippen LogP contribution in [0.2, 0.25) is 0 Å². The van der Waals surface area contributed by atoms with Crippen molar-refractivity contribution < 1.29 is 27.8 Å². The Labute approximate surface area is 242 Å². The summed E-state index contributed by atoms with van der Waals surface area (Å²) in [7, 11) is -1.98. The molecule has 0 spiro atoms. The third-order valence-corrected chi connectivity index (χ3v) is 10.7. The van der Waals surface area contributed by atoms with E-state index in [0.29, 0.717) is 37.5 Å². The van der Waals surface area contributed by atoms with E-state index >= 15 is 0 Å². The number of para-hydroxylation sites is 1. The summed E-state index contributed by atoms with van der Waals surface area (Å²) >= 11 is 0. The molecule has 2 rings (SSSR count). The minimum atomic E-state index is -3.64. The van der Waals surface area contributed by atoms with Crippen molar-refractivity contribution in [3.05, 3.63) is 29.8 Å². The molecule has 40 heavy (non-hydrogen) atoms. The number of rotatable bonds is 18. The molecule has 9 nitrogen and oxygen atoms in total. The van der Waals surface area contributed by atoms with Gasteiger partial charge < -0.3 is 25.6 Å². The fourth-order valence-electron chi connectivity index (χ4n) is 5.28. The first kappa shape index (κ1) is 34.5. The number of nitrogens with one attached hydrogen (secondary N) is 2. The summed E-state index contributed by atoms with van der Waals surface area (Å²) < 4.78 is 38.9. The quantitative estimate of drug-likeness (QED) is 0.193. The highest BCUT2D eigenvalue weighted by atomic mass is 32.2. The monoisotopic (exact) mass is 583 g/mol. The number of carbonyl (C=O) groups excluding carboxylic acids is 1. The Morgan fingerprint density at radius 3 is 2.40 bits per heavy atom. The molecule has 1 amide bonds. The lowest BCUT2D eigenvalue weighted by atomic mass is 9.81. The molecule has 1 aromatic rings. The number of hydrogen-bond acceptors (Lipinski definition) is 7. The second kappa shape index (κ2) is 16.7. The van der Waals surface area contributed by atoms with E-state index in [2.05, 4.69) is 10.0 Å². The molecule has 10 heteroatoms. The lowest BCUT2D eigenvalue weighted by Gasteiger charge is -2.36. The first-order chi connectivity index (χ1) is 18.9. The third-order valence-electron chi connectivity index (χ3n) is 8.43. The number of amides is 1. The average Bonchev–Trinajstić information content (AvgIpc) is 2.94. The fraction of sp³-hybridized carbons (Fsp3) is 0.767. The van der Waals surface area contributed by atoms with E-state index in [1.54, 1.807) is 39.2 Å². The molecule has 5 N–H and O–H groups in total. The molecule has 0 aromatic heterocycles. The topological polar surface area (TPSA) is 140 Å². The molecule has 3 unspecified atom stereocenters. The molecule has 3 atom stereocenters. The first-order valence-electron chi connectivity index (χ1n) is 14.8. The van der Waals surface area contributed by atoms with Crippen LogP contribution in [0.25, 0.3) is 0 Å². The van der Waals surface area contributed by atoms with Crippen LogP contribution >= 0.6 is 0 Å². The van der Waals surface area contributed by atoms with E-state index in [-0.39, 0.29) is 30.2 Å². The van der Waals surface area contributed by atoms with Gasteiger partial charge in [-0.3, -0.25) is 4.79 Å². The van der Waals surface area contributed by atoms with Gasteiger partial charge in [-0.2, -0.15) is 0 Å².